The number of hydrogen-bond acceptors (Lipinski definition) is 4. The fraction of sp³-hybridized carbons (Fsp3) is 0.500. The lowest BCUT2D eigenvalue weighted by Gasteiger charge is -2.28. The molecular weight excluding hydrogens is 296 g/mol. The van der Waals surface area contributed by atoms with Gasteiger partial charge in [0.25, 0.3) is 0 Å². The summed E-state index contributed by atoms with van der Waals surface area (Å²) in [4.78, 5) is 11.1. The van der Waals surface area contributed by atoms with Gasteiger partial charge in [0.05, 0.1) is 11.8 Å². The molecular formula is C12H15BrN4O. The summed E-state index contributed by atoms with van der Waals surface area (Å²) in [6.07, 6.45) is 5.26. The van der Waals surface area contributed by atoms with Crippen molar-refractivity contribution in [2.45, 2.75) is 25.5 Å². The Morgan fingerprint density at radius 3 is 2.89 bits per heavy atom. The van der Waals surface area contributed by atoms with E-state index in [9.17, 15) is 5.11 Å². The van der Waals surface area contributed by atoms with Gasteiger partial charge in [0.15, 0.2) is 0 Å². The van der Waals surface area contributed by atoms with Crippen LogP contribution in [-0.4, -0.2) is 43.6 Å². The predicted molar refractivity (Wildman–Crippen MR) is 71.2 cm³/mol. The molecule has 0 aromatic carbocycles. The molecule has 0 radical (unpaired) electrons. The van der Waals surface area contributed by atoms with Crippen LogP contribution in [0, 0.1) is 0 Å². The minimum atomic E-state index is -0.132. The summed E-state index contributed by atoms with van der Waals surface area (Å²) in [7, 11) is 0. The van der Waals surface area contributed by atoms with Gasteiger partial charge in [0.1, 0.15) is 4.60 Å². The first kappa shape index (κ1) is 12.1. The van der Waals surface area contributed by atoms with Crippen molar-refractivity contribution in [3.8, 4) is 0 Å². The van der Waals surface area contributed by atoms with Crippen molar-refractivity contribution < 1.29 is 5.11 Å². The fourth-order valence-corrected chi connectivity index (χ4v) is 2.79. The van der Waals surface area contributed by atoms with Crippen LogP contribution in [0.1, 0.15) is 18.5 Å². The molecule has 0 amide bonds. The van der Waals surface area contributed by atoms with Crippen LogP contribution in [0.25, 0.3) is 5.78 Å². The normalized spacial score (nSPS) is 18.6. The lowest BCUT2D eigenvalue weighted by Crippen LogP contribution is -2.35. The Balaban J connectivity index is 1.80. The molecule has 6 heteroatoms. The molecule has 2 aromatic rings. The highest BCUT2D eigenvalue weighted by atomic mass is 79.9. The molecule has 0 bridgehead atoms. The fourth-order valence-electron chi connectivity index (χ4n) is 2.29. The number of halogens is 1. The minimum Gasteiger partial charge on any atom is -0.393 e. The number of piperidine rings is 1. The van der Waals surface area contributed by atoms with Gasteiger partial charge in [-0.3, -0.25) is 9.30 Å². The van der Waals surface area contributed by atoms with Crippen LogP contribution in [0.2, 0.25) is 0 Å². The third kappa shape index (κ3) is 2.28. The van der Waals surface area contributed by atoms with E-state index in [-0.39, 0.29) is 6.10 Å². The first-order valence-corrected chi connectivity index (χ1v) is 6.91. The quantitative estimate of drug-likeness (QED) is 0.912. The zero-order valence-corrected chi connectivity index (χ0v) is 11.5. The summed E-state index contributed by atoms with van der Waals surface area (Å²) >= 11 is 3.57. The molecule has 5 nitrogen and oxygen atoms in total. The summed E-state index contributed by atoms with van der Waals surface area (Å²) < 4.78 is 2.91. The van der Waals surface area contributed by atoms with E-state index in [2.05, 4.69) is 30.8 Å². The maximum atomic E-state index is 9.50. The van der Waals surface area contributed by atoms with Gasteiger partial charge in [-0.2, -0.15) is 0 Å². The molecule has 1 fully saturated rings. The standard InChI is InChI=1S/C12H15BrN4O/c13-11-10(8-16-6-2-9(18)3-7-16)15-12-14-4-1-5-17(11)12/h1,4-5,9,18H,2-3,6-8H2. The molecule has 0 spiro atoms. The van der Waals surface area contributed by atoms with Gasteiger partial charge in [0.2, 0.25) is 5.78 Å². The Labute approximate surface area is 114 Å². The average Bonchev–Trinajstić information content (AvgIpc) is 2.70. The number of fused-ring (bicyclic) bond motifs is 1. The molecule has 1 aliphatic heterocycles. The Bertz CT molecular complexity index is 548. The van der Waals surface area contributed by atoms with Crippen LogP contribution in [0.5, 0.6) is 0 Å². The van der Waals surface area contributed by atoms with E-state index in [1.165, 1.54) is 0 Å². The SMILES string of the molecule is OC1CCN(Cc2nc3ncccn3c2Br)CC1. The van der Waals surface area contributed by atoms with Gasteiger partial charge >= 0.3 is 0 Å². The second kappa shape index (κ2) is 4.95. The van der Waals surface area contributed by atoms with E-state index in [0.717, 1.165) is 48.6 Å². The van der Waals surface area contributed by atoms with Crippen LogP contribution in [0.3, 0.4) is 0 Å². The van der Waals surface area contributed by atoms with Gasteiger partial charge in [-0.1, -0.05) is 0 Å². The van der Waals surface area contributed by atoms with Gasteiger partial charge in [0, 0.05) is 32.0 Å². The number of aliphatic hydroxyl groups excluding tert-OH is 1. The summed E-state index contributed by atoms with van der Waals surface area (Å²) in [5.74, 6) is 0.719. The smallest absolute Gasteiger partial charge is 0.234 e. The lowest BCUT2D eigenvalue weighted by molar-refractivity contribution is 0.0786. The molecule has 0 saturated carbocycles. The first-order valence-electron chi connectivity index (χ1n) is 6.12. The van der Waals surface area contributed by atoms with Crippen molar-refractivity contribution in [1.82, 2.24) is 19.3 Å². The highest BCUT2D eigenvalue weighted by Crippen LogP contribution is 2.21. The summed E-state index contributed by atoms with van der Waals surface area (Å²) in [5.41, 5.74) is 1.00. The van der Waals surface area contributed by atoms with E-state index in [1.807, 2.05) is 16.7 Å². The monoisotopic (exact) mass is 310 g/mol. The van der Waals surface area contributed by atoms with E-state index in [1.54, 1.807) is 6.20 Å². The van der Waals surface area contributed by atoms with Gasteiger partial charge in [-0.25, -0.2) is 9.97 Å². The Morgan fingerprint density at radius 1 is 1.39 bits per heavy atom. The zero-order valence-electron chi connectivity index (χ0n) is 9.96. The predicted octanol–water partition coefficient (Wildman–Crippen LogP) is 1.45. The maximum Gasteiger partial charge on any atom is 0.234 e. The van der Waals surface area contributed by atoms with E-state index in [4.69, 9.17) is 0 Å². The van der Waals surface area contributed by atoms with Crippen LogP contribution in [-0.2, 0) is 6.54 Å². The van der Waals surface area contributed by atoms with Crippen molar-refractivity contribution in [1.29, 1.82) is 0 Å². The largest absolute Gasteiger partial charge is 0.393 e. The number of likely N-dealkylation sites (tertiary alicyclic amines) is 1. The van der Waals surface area contributed by atoms with E-state index in [0.29, 0.717) is 0 Å². The number of imidazole rings is 1. The van der Waals surface area contributed by atoms with Crippen LogP contribution in [0.15, 0.2) is 23.1 Å². The topological polar surface area (TPSA) is 53.7 Å². The third-order valence-electron chi connectivity index (χ3n) is 3.34. The molecule has 0 unspecified atom stereocenters. The van der Waals surface area contributed by atoms with E-state index >= 15 is 0 Å². The molecule has 18 heavy (non-hydrogen) atoms. The first-order chi connectivity index (χ1) is 8.74. The number of nitrogens with zero attached hydrogens (tertiary/aromatic N) is 4. The molecule has 1 N–H and O–H groups in total. The number of hydrogen-bond donors (Lipinski definition) is 1. The van der Waals surface area contributed by atoms with Crippen molar-refractivity contribution >= 4 is 21.7 Å². The summed E-state index contributed by atoms with van der Waals surface area (Å²) in [5, 5.41) is 9.50. The maximum absolute atomic E-state index is 9.50. The van der Waals surface area contributed by atoms with Crippen LogP contribution < -0.4 is 0 Å². The molecule has 1 aliphatic rings. The van der Waals surface area contributed by atoms with Gasteiger partial charge in [-0.05, 0) is 34.8 Å². The van der Waals surface area contributed by atoms with Crippen molar-refractivity contribution in [3.63, 3.8) is 0 Å². The number of aromatic nitrogens is 3. The highest BCUT2D eigenvalue weighted by molar-refractivity contribution is 9.10. The van der Waals surface area contributed by atoms with Crippen LogP contribution >= 0.6 is 15.9 Å². The summed E-state index contributed by atoms with van der Waals surface area (Å²) in [6, 6.07) is 1.89. The lowest BCUT2D eigenvalue weighted by atomic mass is 10.1. The Kier molecular flexibility index (Phi) is 3.32. The van der Waals surface area contributed by atoms with Crippen molar-refractivity contribution in [2.24, 2.45) is 0 Å². The molecule has 3 rings (SSSR count). The van der Waals surface area contributed by atoms with Crippen LogP contribution in [0.4, 0.5) is 0 Å². The number of rotatable bonds is 2. The molecule has 1 saturated heterocycles. The molecule has 3 heterocycles. The minimum absolute atomic E-state index is 0.132. The average molecular weight is 311 g/mol. The Morgan fingerprint density at radius 2 is 2.17 bits per heavy atom. The molecule has 0 aliphatic carbocycles. The molecule has 96 valence electrons. The highest BCUT2D eigenvalue weighted by Gasteiger charge is 2.19. The van der Waals surface area contributed by atoms with Gasteiger partial charge < -0.3 is 5.11 Å². The van der Waals surface area contributed by atoms with Gasteiger partial charge in [-0.15, -0.1) is 0 Å². The second-order valence-electron chi connectivity index (χ2n) is 4.65. The van der Waals surface area contributed by atoms with Crippen molar-refractivity contribution in [2.75, 3.05) is 13.1 Å². The molecule has 2 aromatic heterocycles. The third-order valence-corrected chi connectivity index (χ3v) is 4.18. The molecule has 0 atom stereocenters. The second-order valence-corrected chi connectivity index (χ2v) is 5.40. The van der Waals surface area contributed by atoms with Crippen molar-refractivity contribution in [3.05, 3.63) is 28.8 Å². The Hall–Kier alpha value is -0.980. The zero-order chi connectivity index (χ0) is 12.5. The summed E-state index contributed by atoms with van der Waals surface area (Å²) in [6.45, 7) is 2.65. The number of aliphatic hydroxyl groups is 1. The van der Waals surface area contributed by atoms with E-state index < -0.39 is 0 Å².